The quantitative estimate of drug-likeness (QED) is 0.0588. The lowest BCUT2D eigenvalue weighted by Gasteiger charge is -2.41. The fourth-order valence-electron chi connectivity index (χ4n) is 5.76. The predicted octanol–water partition coefficient (Wildman–Crippen LogP) is 10.8. The molecule has 0 bridgehead atoms. The lowest BCUT2D eigenvalue weighted by atomic mass is 10.2. The molecule has 0 N–H and O–H groups in total. The van der Waals surface area contributed by atoms with Gasteiger partial charge >= 0.3 is 11.9 Å². The molecule has 0 aliphatic heterocycles. The van der Waals surface area contributed by atoms with E-state index in [-0.39, 0.29) is 11.8 Å². The Labute approximate surface area is 275 Å². The molecular formula is C36H74O6Si2. The molecule has 0 fully saturated rings. The number of carbonyl (C=O) groups excluding carboxylic acids is 2. The Balaban J connectivity index is 7.14. The molecule has 0 aromatic rings. The molecule has 0 aliphatic carbocycles. The van der Waals surface area contributed by atoms with Gasteiger partial charge in [0, 0.05) is 0 Å². The molecule has 44 heavy (non-hydrogen) atoms. The topological polar surface area (TPSA) is 71.1 Å². The van der Waals surface area contributed by atoms with Crippen LogP contribution in [-0.2, 0) is 27.9 Å². The summed E-state index contributed by atoms with van der Waals surface area (Å²) in [5.41, 5.74) is 0. The first-order chi connectivity index (χ1) is 21.0. The minimum atomic E-state index is -2.42. The first kappa shape index (κ1) is 43.3. The molecule has 0 aromatic carbocycles. The van der Waals surface area contributed by atoms with Gasteiger partial charge in [-0.2, -0.15) is 0 Å². The van der Waals surface area contributed by atoms with Crippen LogP contribution in [0, 0.1) is 11.8 Å². The monoisotopic (exact) mass is 659 g/mol. The van der Waals surface area contributed by atoms with Crippen LogP contribution in [0.3, 0.4) is 0 Å². The molecular weight excluding hydrogens is 585 g/mol. The molecule has 0 saturated heterocycles. The van der Waals surface area contributed by atoms with Gasteiger partial charge < -0.3 is 18.3 Å². The Bertz CT molecular complexity index is 626. The molecule has 0 rings (SSSR count). The lowest BCUT2D eigenvalue weighted by Crippen LogP contribution is -2.56. The molecule has 2 atom stereocenters. The van der Waals surface area contributed by atoms with E-state index in [1.165, 1.54) is 0 Å². The summed E-state index contributed by atoms with van der Waals surface area (Å²) in [6, 6.07) is 5.97. The first-order valence-corrected chi connectivity index (χ1v) is 23.7. The molecule has 8 heteroatoms. The Morgan fingerprint density at radius 3 is 0.864 bits per heavy atom. The number of hydrogen-bond donors (Lipinski definition) is 0. The van der Waals surface area contributed by atoms with Crippen LogP contribution in [0.25, 0.3) is 0 Å². The second kappa shape index (κ2) is 25.4. The third kappa shape index (κ3) is 17.8. The van der Waals surface area contributed by atoms with E-state index in [1.807, 2.05) is 27.7 Å². The van der Waals surface area contributed by atoms with E-state index >= 15 is 0 Å². The highest BCUT2D eigenvalue weighted by Gasteiger charge is 2.49. The van der Waals surface area contributed by atoms with Crippen LogP contribution in [0.5, 0.6) is 0 Å². The van der Waals surface area contributed by atoms with Crippen LogP contribution in [0.4, 0.5) is 0 Å². The number of carbonyl (C=O) groups is 2. The van der Waals surface area contributed by atoms with Crippen molar-refractivity contribution < 1.29 is 27.9 Å². The molecule has 0 amide bonds. The molecule has 0 aromatic heterocycles. The fraction of sp³-hybridized carbons (Fsp3) is 0.944. The second-order valence-corrected chi connectivity index (χ2v) is 22.3. The van der Waals surface area contributed by atoms with E-state index in [1.54, 1.807) is 0 Å². The van der Waals surface area contributed by atoms with Gasteiger partial charge in [-0.05, 0) is 48.1 Å². The summed E-state index contributed by atoms with van der Waals surface area (Å²) in [6.45, 7) is 22.1. The van der Waals surface area contributed by atoms with Crippen molar-refractivity contribution in [2.24, 2.45) is 11.8 Å². The zero-order valence-electron chi connectivity index (χ0n) is 30.9. The third-order valence-electron chi connectivity index (χ3n) is 8.53. The van der Waals surface area contributed by atoms with Crippen molar-refractivity contribution in [3.05, 3.63) is 0 Å². The largest absolute Gasteiger partial charge is 0.463 e. The fourth-order valence-corrected chi connectivity index (χ4v) is 15.5. The molecule has 2 unspecified atom stereocenters. The van der Waals surface area contributed by atoms with Crippen molar-refractivity contribution in [3.8, 4) is 0 Å². The van der Waals surface area contributed by atoms with Crippen molar-refractivity contribution in [1.82, 2.24) is 0 Å². The van der Waals surface area contributed by atoms with Gasteiger partial charge in [0.05, 0.1) is 13.2 Å². The molecule has 0 saturated carbocycles. The average molecular weight is 659 g/mol. The highest BCUT2D eigenvalue weighted by atomic mass is 28.4. The van der Waals surface area contributed by atoms with Gasteiger partial charge in [-0.15, -0.1) is 0 Å². The molecule has 6 nitrogen and oxygen atoms in total. The maximum absolute atomic E-state index is 14.2. The number of unbranched alkanes of at least 4 members (excludes halogenated alkanes) is 6. The minimum absolute atomic E-state index is 0.182. The maximum Gasteiger partial charge on any atom is 0.337 e. The molecule has 0 radical (unpaired) electrons. The molecule has 0 aliphatic rings. The van der Waals surface area contributed by atoms with Crippen molar-refractivity contribution >= 4 is 28.6 Å². The van der Waals surface area contributed by atoms with Crippen LogP contribution in [0.15, 0.2) is 0 Å². The van der Waals surface area contributed by atoms with Gasteiger partial charge in [0.2, 0.25) is 0 Å². The summed E-state index contributed by atoms with van der Waals surface area (Å²) in [6.07, 6.45) is 10.7. The van der Waals surface area contributed by atoms with Crippen LogP contribution >= 0.6 is 0 Å². The van der Waals surface area contributed by atoms with Gasteiger partial charge in [-0.3, -0.25) is 0 Å². The molecule has 0 spiro atoms. The van der Waals surface area contributed by atoms with E-state index < -0.39 is 40.8 Å². The second-order valence-electron chi connectivity index (χ2n) is 14.1. The maximum atomic E-state index is 14.2. The smallest absolute Gasteiger partial charge is 0.337 e. The van der Waals surface area contributed by atoms with E-state index in [0.717, 1.165) is 113 Å². The van der Waals surface area contributed by atoms with Gasteiger partial charge in [0.15, 0.2) is 28.8 Å². The minimum Gasteiger partial charge on any atom is -0.463 e. The first-order valence-electron chi connectivity index (χ1n) is 18.7. The van der Waals surface area contributed by atoms with Crippen LogP contribution < -0.4 is 0 Å². The highest BCUT2D eigenvalue weighted by Crippen LogP contribution is 2.36. The summed E-state index contributed by atoms with van der Waals surface area (Å²) in [4.78, 5) is 28.3. The highest BCUT2D eigenvalue weighted by molar-refractivity contribution is 6.74. The third-order valence-corrected chi connectivity index (χ3v) is 17.6. The lowest BCUT2D eigenvalue weighted by molar-refractivity contribution is -0.171. The number of esters is 2. The van der Waals surface area contributed by atoms with Crippen molar-refractivity contribution in [1.29, 1.82) is 0 Å². The summed E-state index contributed by atoms with van der Waals surface area (Å²) < 4.78 is 26.3. The number of ether oxygens (including phenoxy) is 2. The Kier molecular flexibility index (Phi) is 25.0. The van der Waals surface area contributed by atoms with E-state index in [4.69, 9.17) is 18.3 Å². The summed E-state index contributed by atoms with van der Waals surface area (Å²) >= 11 is 0. The zero-order chi connectivity index (χ0) is 33.4. The van der Waals surface area contributed by atoms with E-state index in [9.17, 15) is 9.59 Å². The van der Waals surface area contributed by atoms with E-state index in [2.05, 4.69) is 41.5 Å². The summed E-state index contributed by atoms with van der Waals surface area (Å²) in [5.74, 6) is -0.533. The normalized spacial score (nSPS) is 13.8. The predicted molar refractivity (Wildman–Crippen MR) is 191 cm³/mol. The van der Waals surface area contributed by atoms with E-state index in [0.29, 0.717) is 13.2 Å². The Hall–Kier alpha value is -0.706. The Morgan fingerprint density at radius 1 is 0.455 bits per heavy atom. The van der Waals surface area contributed by atoms with Crippen LogP contribution in [-0.4, -0.2) is 54.0 Å². The average Bonchev–Trinajstić information content (AvgIpc) is 3.01. The number of hydrogen-bond acceptors (Lipinski definition) is 6. The van der Waals surface area contributed by atoms with Crippen LogP contribution in [0.1, 0.15) is 146 Å². The Morgan fingerprint density at radius 2 is 0.682 bits per heavy atom. The van der Waals surface area contributed by atoms with Gasteiger partial charge in [0.1, 0.15) is 0 Å². The zero-order valence-corrected chi connectivity index (χ0v) is 32.9. The van der Waals surface area contributed by atoms with Crippen molar-refractivity contribution in [2.75, 3.05) is 13.2 Å². The van der Waals surface area contributed by atoms with Crippen molar-refractivity contribution in [2.45, 2.75) is 195 Å². The van der Waals surface area contributed by atoms with Gasteiger partial charge in [0.25, 0.3) is 0 Å². The molecule has 262 valence electrons. The van der Waals surface area contributed by atoms with Crippen molar-refractivity contribution in [3.63, 3.8) is 0 Å². The van der Waals surface area contributed by atoms with Gasteiger partial charge in [-0.25, -0.2) is 9.59 Å². The summed E-state index contributed by atoms with van der Waals surface area (Å²) in [7, 11) is -4.84. The number of rotatable bonds is 29. The summed E-state index contributed by atoms with van der Waals surface area (Å²) in [5, 5.41) is 0. The standard InChI is InChI=1S/C36H74O6Si2/c1-11-17-23-43(24-18-12-2,25-19-13-3)41-33(35(37)39-29-31(7)8)34(36(38)40-30-32(9)10)42-44(26-20-14-4,27-21-15-5)28-22-16-6/h31-34H,11-30H2,1-10H3. The molecule has 0 heterocycles. The van der Waals surface area contributed by atoms with Gasteiger partial charge in [-0.1, -0.05) is 146 Å². The SMILES string of the molecule is CCCC[Si](CCCC)(CCCC)OC(C(=O)OCC(C)C)C(O[Si](CCCC)(CCCC)CCCC)C(=O)OCC(C)C. The van der Waals surface area contributed by atoms with Crippen LogP contribution in [0.2, 0.25) is 36.3 Å².